The maximum absolute atomic E-state index is 13.8. The predicted octanol–water partition coefficient (Wildman–Crippen LogP) is 4.74. The average Bonchev–Trinajstić information content (AvgIpc) is 2.47. The Kier molecular flexibility index (Phi) is 5.95. The number of benzene rings is 2. The maximum Gasteiger partial charge on any atom is 0.248 e. The number of halogens is 3. The van der Waals surface area contributed by atoms with Crippen molar-refractivity contribution in [3.8, 4) is 0 Å². The van der Waals surface area contributed by atoms with Crippen molar-refractivity contribution in [2.75, 3.05) is 10.6 Å². The zero-order valence-electron chi connectivity index (χ0n) is 12.6. The Balaban J connectivity index is 2.11. The molecule has 0 atom stereocenters. The van der Waals surface area contributed by atoms with Crippen molar-refractivity contribution in [3.05, 3.63) is 63.9 Å². The third-order valence-corrected chi connectivity index (χ3v) is 3.29. The highest BCUT2D eigenvalue weighted by Crippen LogP contribution is 2.21. The summed E-state index contributed by atoms with van der Waals surface area (Å²) < 4.78 is 13.8. The van der Waals surface area contributed by atoms with Gasteiger partial charge in [-0.25, -0.2) is 4.39 Å². The average molecular weight is 367 g/mol. The Morgan fingerprint density at radius 3 is 2.33 bits per heavy atom. The summed E-state index contributed by atoms with van der Waals surface area (Å²) in [5, 5.41) is 5.80. The molecule has 2 aromatic rings. The largest absolute Gasteiger partial charge is 0.326 e. The van der Waals surface area contributed by atoms with E-state index in [9.17, 15) is 14.0 Å². The van der Waals surface area contributed by atoms with E-state index in [4.69, 9.17) is 23.2 Å². The summed E-state index contributed by atoms with van der Waals surface area (Å²) in [4.78, 5) is 22.9. The maximum atomic E-state index is 13.8. The van der Waals surface area contributed by atoms with Gasteiger partial charge in [0.15, 0.2) is 0 Å². The molecule has 0 fully saturated rings. The fourth-order valence-electron chi connectivity index (χ4n) is 1.92. The Bertz CT molecular complexity index is 802. The number of anilines is 2. The second kappa shape index (κ2) is 7.95. The van der Waals surface area contributed by atoms with Crippen LogP contribution in [-0.4, -0.2) is 11.8 Å². The third kappa shape index (κ3) is 5.37. The lowest BCUT2D eigenvalue weighted by molar-refractivity contribution is -0.114. The number of carbonyl (C=O) groups is 2. The van der Waals surface area contributed by atoms with Gasteiger partial charge in [0.1, 0.15) is 5.82 Å². The van der Waals surface area contributed by atoms with Crippen LogP contribution in [0.4, 0.5) is 15.8 Å². The summed E-state index contributed by atoms with van der Waals surface area (Å²) in [5.41, 5.74) is 0.972. The van der Waals surface area contributed by atoms with Crippen LogP contribution in [0.25, 0.3) is 6.08 Å². The van der Waals surface area contributed by atoms with Crippen LogP contribution in [-0.2, 0) is 9.59 Å². The smallest absolute Gasteiger partial charge is 0.248 e. The molecule has 4 nitrogen and oxygen atoms in total. The van der Waals surface area contributed by atoms with E-state index in [0.717, 1.165) is 6.07 Å². The van der Waals surface area contributed by atoms with Crippen LogP contribution in [0.15, 0.2) is 42.5 Å². The molecule has 2 aromatic carbocycles. The molecule has 0 heterocycles. The van der Waals surface area contributed by atoms with E-state index in [1.54, 1.807) is 18.2 Å². The topological polar surface area (TPSA) is 58.2 Å². The number of amides is 2. The van der Waals surface area contributed by atoms with Gasteiger partial charge in [0.2, 0.25) is 11.8 Å². The van der Waals surface area contributed by atoms with E-state index in [0.29, 0.717) is 21.3 Å². The van der Waals surface area contributed by atoms with Crippen LogP contribution in [0.3, 0.4) is 0 Å². The second-order valence-corrected chi connectivity index (χ2v) is 5.77. The van der Waals surface area contributed by atoms with Gasteiger partial charge < -0.3 is 10.6 Å². The highest BCUT2D eigenvalue weighted by molar-refractivity contribution is 6.34. The van der Waals surface area contributed by atoms with Gasteiger partial charge >= 0.3 is 0 Å². The highest BCUT2D eigenvalue weighted by atomic mass is 35.5. The molecule has 24 heavy (non-hydrogen) atoms. The van der Waals surface area contributed by atoms with E-state index in [1.807, 2.05) is 0 Å². The number of hydrogen-bond donors (Lipinski definition) is 2. The van der Waals surface area contributed by atoms with Crippen molar-refractivity contribution < 1.29 is 14.0 Å². The molecule has 2 amide bonds. The molecule has 2 N–H and O–H groups in total. The lowest BCUT2D eigenvalue weighted by Gasteiger charge is -2.07. The van der Waals surface area contributed by atoms with E-state index >= 15 is 0 Å². The van der Waals surface area contributed by atoms with Crippen molar-refractivity contribution in [1.82, 2.24) is 0 Å². The van der Waals surface area contributed by atoms with Crippen molar-refractivity contribution in [3.63, 3.8) is 0 Å². The normalized spacial score (nSPS) is 10.7. The monoisotopic (exact) mass is 366 g/mol. The molecule has 0 aliphatic carbocycles. The zero-order valence-corrected chi connectivity index (χ0v) is 14.1. The quantitative estimate of drug-likeness (QED) is 0.767. The number of hydrogen-bond acceptors (Lipinski definition) is 2. The molecular weight excluding hydrogens is 354 g/mol. The first-order valence-corrected chi connectivity index (χ1v) is 7.61. The summed E-state index contributed by atoms with van der Waals surface area (Å²) in [6.07, 6.45) is 2.73. The van der Waals surface area contributed by atoms with Crippen molar-refractivity contribution in [1.29, 1.82) is 0 Å². The lowest BCUT2D eigenvalue weighted by Crippen LogP contribution is -2.11. The second-order valence-electron chi connectivity index (χ2n) is 4.90. The summed E-state index contributed by atoms with van der Waals surface area (Å²) in [5.74, 6) is -1.45. The van der Waals surface area contributed by atoms with Gasteiger partial charge in [-0.15, -0.1) is 0 Å². The van der Waals surface area contributed by atoms with Crippen LogP contribution in [0, 0.1) is 5.82 Å². The summed E-state index contributed by atoms with van der Waals surface area (Å²) in [6.45, 7) is 1.33. The van der Waals surface area contributed by atoms with Crippen LogP contribution < -0.4 is 10.6 Å². The molecular formula is C17H13Cl2FN2O2. The molecule has 0 radical (unpaired) electrons. The number of carbonyl (C=O) groups excluding carboxylic acids is 2. The molecule has 0 spiro atoms. The molecule has 0 saturated heterocycles. The minimum absolute atomic E-state index is 0.0416. The highest BCUT2D eigenvalue weighted by Gasteiger charge is 2.07. The number of nitrogens with one attached hydrogen (secondary N) is 2. The molecule has 0 aliphatic rings. The Morgan fingerprint density at radius 1 is 1.04 bits per heavy atom. The van der Waals surface area contributed by atoms with Gasteiger partial charge in [-0.3, -0.25) is 9.59 Å². The summed E-state index contributed by atoms with van der Waals surface area (Å²) in [6, 6.07) is 8.73. The lowest BCUT2D eigenvalue weighted by atomic mass is 10.2. The van der Waals surface area contributed by atoms with Crippen LogP contribution >= 0.6 is 23.2 Å². The zero-order chi connectivity index (χ0) is 17.7. The summed E-state index contributed by atoms with van der Waals surface area (Å²) >= 11 is 11.7. The first kappa shape index (κ1) is 18.0. The van der Waals surface area contributed by atoms with E-state index in [1.165, 1.54) is 31.2 Å². The Morgan fingerprint density at radius 2 is 1.71 bits per heavy atom. The molecule has 0 aromatic heterocycles. The Hall–Kier alpha value is -2.37. The van der Waals surface area contributed by atoms with Gasteiger partial charge in [-0.05, 0) is 48.0 Å². The molecule has 0 unspecified atom stereocenters. The van der Waals surface area contributed by atoms with Crippen molar-refractivity contribution >= 4 is 52.5 Å². The van der Waals surface area contributed by atoms with Gasteiger partial charge in [0, 0.05) is 28.7 Å². The van der Waals surface area contributed by atoms with Crippen LogP contribution in [0.1, 0.15) is 12.5 Å². The standard InChI is InChI=1S/C17H13Cl2FN2O2/c1-10(23)21-14-3-4-15(20)16(9-14)22-17(24)5-2-11-6-12(18)8-13(19)7-11/h2-9H,1H3,(H,21,23)(H,22,24)/b5-2+. The van der Waals surface area contributed by atoms with E-state index in [-0.39, 0.29) is 11.6 Å². The molecule has 2 rings (SSSR count). The van der Waals surface area contributed by atoms with E-state index in [2.05, 4.69) is 10.6 Å². The number of rotatable bonds is 4. The molecule has 124 valence electrons. The van der Waals surface area contributed by atoms with Crippen molar-refractivity contribution in [2.24, 2.45) is 0 Å². The molecule has 0 saturated carbocycles. The third-order valence-electron chi connectivity index (χ3n) is 2.86. The van der Waals surface area contributed by atoms with Gasteiger partial charge in [-0.1, -0.05) is 23.2 Å². The molecule has 0 bridgehead atoms. The van der Waals surface area contributed by atoms with Gasteiger partial charge in [-0.2, -0.15) is 0 Å². The first-order valence-electron chi connectivity index (χ1n) is 6.86. The Labute approximate surface area is 148 Å². The molecule has 7 heteroatoms. The fourth-order valence-corrected chi connectivity index (χ4v) is 2.46. The van der Waals surface area contributed by atoms with Crippen LogP contribution in [0.2, 0.25) is 10.0 Å². The SMILES string of the molecule is CC(=O)Nc1ccc(F)c(NC(=O)/C=C/c2cc(Cl)cc(Cl)c2)c1. The first-order chi connectivity index (χ1) is 11.3. The summed E-state index contributed by atoms with van der Waals surface area (Å²) in [7, 11) is 0. The minimum atomic E-state index is -0.614. The van der Waals surface area contributed by atoms with Crippen molar-refractivity contribution in [2.45, 2.75) is 6.92 Å². The van der Waals surface area contributed by atoms with Gasteiger partial charge in [0.25, 0.3) is 0 Å². The fraction of sp³-hybridized carbons (Fsp3) is 0.0588. The predicted molar refractivity (Wildman–Crippen MR) is 94.8 cm³/mol. The van der Waals surface area contributed by atoms with Crippen LogP contribution in [0.5, 0.6) is 0 Å². The minimum Gasteiger partial charge on any atom is -0.326 e. The van der Waals surface area contributed by atoms with Gasteiger partial charge in [0.05, 0.1) is 5.69 Å². The van der Waals surface area contributed by atoms with E-state index < -0.39 is 11.7 Å². The molecule has 0 aliphatic heterocycles.